The molecule has 2 saturated heterocycles. The number of methoxy groups -OCH3 is 1. The molecule has 0 radical (unpaired) electrons. The highest BCUT2D eigenvalue weighted by Crippen LogP contribution is 2.23. The molecule has 0 bridgehead atoms. The van der Waals surface area contributed by atoms with Gasteiger partial charge in [0.2, 0.25) is 0 Å². The SMILES string of the molecule is COc1ccc(C(C)NC(=O)N2CCC(N3CCCC3)CC2)cc1F. The molecule has 2 aliphatic heterocycles. The van der Waals surface area contributed by atoms with Crippen molar-refractivity contribution >= 4 is 6.03 Å². The molecule has 1 aromatic rings. The van der Waals surface area contributed by atoms with Gasteiger partial charge in [0.25, 0.3) is 0 Å². The van der Waals surface area contributed by atoms with Crippen LogP contribution in [-0.2, 0) is 0 Å². The number of hydrogen-bond acceptors (Lipinski definition) is 3. The van der Waals surface area contributed by atoms with E-state index in [4.69, 9.17) is 4.74 Å². The van der Waals surface area contributed by atoms with Crippen molar-refractivity contribution in [1.29, 1.82) is 0 Å². The lowest BCUT2D eigenvalue weighted by atomic mass is 10.0. The second-order valence-corrected chi connectivity index (χ2v) is 7.03. The zero-order valence-electron chi connectivity index (χ0n) is 15.1. The fourth-order valence-corrected chi connectivity index (χ4v) is 3.85. The van der Waals surface area contributed by atoms with Crippen LogP contribution in [0.2, 0.25) is 0 Å². The molecule has 1 N–H and O–H groups in total. The maximum absolute atomic E-state index is 13.8. The summed E-state index contributed by atoms with van der Waals surface area (Å²) in [5.74, 6) is -0.196. The number of piperidine rings is 1. The summed E-state index contributed by atoms with van der Waals surface area (Å²) in [6, 6.07) is 5.11. The van der Waals surface area contributed by atoms with Crippen LogP contribution in [0.5, 0.6) is 5.75 Å². The average Bonchev–Trinajstić information content (AvgIpc) is 3.16. The predicted octanol–water partition coefficient (Wildman–Crippen LogP) is 3.17. The Labute approximate surface area is 149 Å². The third-order valence-electron chi connectivity index (χ3n) is 5.42. The second kappa shape index (κ2) is 8.04. The summed E-state index contributed by atoms with van der Waals surface area (Å²) < 4.78 is 18.8. The van der Waals surface area contributed by atoms with Crippen molar-refractivity contribution in [2.75, 3.05) is 33.3 Å². The van der Waals surface area contributed by atoms with Gasteiger partial charge in [-0.25, -0.2) is 9.18 Å². The van der Waals surface area contributed by atoms with Gasteiger partial charge < -0.3 is 19.9 Å². The smallest absolute Gasteiger partial charge is 0.317 e. The van der Waals surface area contributed by atoms with E-state index in [1.54, 1.807) is 12.1 Å². The van der Waals surface area contributed by atoms with E-state index in [0.717, 1.165) is 31.5 Å². The van der Waals surface area contributed by atoms with Crippen LogP contribution in [0, 0.1) is 5.82 Å². The Hall–Kier alpha value is -1.82. The Morgan fingerprint density at radius 1 is 1.24 bits per heavy atom. The zero-order valence-corrected chi connectivity index (χ0v) is 15.1. The number of rotatable bonds is 4. The van der Waals surface area contributed by atoms with Crippen molar-refractivity contribution in [3.8, 4) is 5.75 Å². The predicted molar refractivity (Wildman–Crippen MR) is 95.3 cm³/mol. The first kappa shape index (κ1) is 18.0. The first-order valence-electron chi connectivity index (χ1n) is 9.21. The van der Waals surface area contributed by atoms with E-state index < -0.39 is 5.82 Å². The summed E-state index contributed by atoms with van der Waals surface area (Å²) in [7, 11) is 1.44. The summed E-state index contributed by atoms with van der Waals surface area (Å²) in [4.78, 5) is 16.9. The number of likely N-dealkylation sites (tertiary alicyclic amines) is 2. The first-order valence-corrected chi connectivity index (χ1v) is 9.21. The monoisotopic (exact) mass is 349 g/mol. The minimum atomic E-state index is -0.410. The van der Waals surface area contributed by atoms with Gasteiger partial charge in [-0.05, 0) is 63.4 Å². The van der Waals surface area contributed by atoms with E-state index in [9.17, 15) is 9.18 Å². The van der Waals surface area contributed by atoms with E-state index >= 15 is 0 Å². The number of nitrogens with zero attached hydrogens (tertiary/aromatic N) is 2. The maximum Gasteiger partial charge on any atom is 0.317 e. The molecular weight excluding hydrogens is 321 g/mol. The molecule has 2 aliphatic rings. The van der Waals surface area contributed by atoms with Crippen molar-refractivity contribution in [2.45, 2.75) is 44.7 Å². The molecule has 2 amide bonds. The normalized spacial score (nSPS) is 20.5. The van der Waals surface area contributed by atoms with Crippen LogP contribution in [0.25, 0.3) is 0 Å². The molecule has 0 aliphatic carbocycles. The number of halogens is 1. The molecule has 5 nitrogen and oxygen atoms in total. The maximum atomic E-state index is 13.8. The van der Waals surface area contributed by atoms with Gasteiger partial charge in [0.15, 0.2) is 11.6 Å². The van der Waals surface area contributed by atoms with Gasteiger partial charge in [0.1, 0.15) is 0 Å². The lowest BCUT2D eigenvalue weighted by Crippen LogP contribution is -2.49. The van der Waals surface area contributed by atoms with Gasteiger partial charge in [-0.3, -0.25) is 0 Å². The molecule has 25 heavy (non-hydrogen) atoms. The average molecular weight is 349 g/mol. The van der Waals surface area contributed by atoms with Crippen molar-refractivity contribution in [3.63, 3.8) is 0 Å². The van der Waals surface area contributed by atoms with Crippen LogP contribution in [0.4, 0.5) is 9.18 Å². The molecule has 0 aromatic heterocycles. The number of urea groups is 1. The van der Waals surface area contributed by atoms with E-state index in [-0.39, 0.29) is 17.8 Å². The number of hydrogen-bond donors (Lipinski definition) is 1. The summed E-state index contributed by atoms with van der Waals surface area (Å²) >= 11 is 0. The Morgan fingerprint density at radius 2 is 1.92 bits per heavy atom. The van der Waals surface area contributed by atoms with Crippen molar-refractivity contribution < 1.29 is 13.9 Å². The molecule has 2 heterocycles. The molecule has 0 spiro atoms. The highest BCUT2D eigenvalue weighted by Gasteiger charge is 2.28. The fraction of sp³-hybridized carbons (Fsp3) is 0.632. The van der Waals surface area contributed by atoms with Crippen molar-refractivity contribution in [1.82, 2.24) is 15.1 Å². The standard InChI is InChI=1S/C19H28FN3O2/c1-14(15-5-6-18(25-2)17(20)13-15)21-19(24)23-11-7-16(8-12-23)22-9-3-4-10-22/h5-6,13-14,16H,3-4,7-12H2,1-2H3,(H,21,24). The van der Waals surface area contributed by atoms with Gasteiger partial charge in [-0.2, -0.15) is 0 Å². The van der Waals surface area contributed by atoms with E-state index in [1.165, 1.54) is 39.1 Å². The zero-order chi connectivity index (χ0) is 17.8. The summed E-state index contributed by atoms with van der Waals surface area (Å²) in [6.45, 7) is 5.86. The number of nitrogens with one attached hydrogen (secondary N) is 1. The van der Waals surface area contributed by atoms with Crippen LogP contribution in [0.1, 0.15) is 44.2 Å². The van der Waals surface area contributed by atoms with E-state index in [1.807, 2.05) is 11.8 Å². The number of benzene rings is 1. The summed E-state index contributed by atoms with van der Waals surface area (Å²) in [5, 5.41) is 2.98. The molecule has 0 saturated carbocycles. The molecule has 2 fully saturated rings. The van der Waals surface area contributed by atoms with Gasteiger partial charge in [-0.15, -0.1) is 0 Å². The number of ether oxygens (including phenoxy) is 1. The largest absolute Gasteiger partial charge is 0.494 e. The first-order chi connectivity index (χ1) is 12.1. The molecular formula is C19H28FN3O2. The Kier molecular flexibility index (Phi) is 5.78. The van der Waals surface area contributed by atoms with Gasteiger partial charge in [0.05, 0.1) is 13.2 Å². The summed E-state index contributed by atoms with van der Waals surface area (Å²) in [6.07, 6.45) is 4.69. The molecule has 1 atom stereocenters. The van der Waals surface area contributed by atoms with Crippen LogP contribution in [0.15, 0.2) is 18.2 Å². The second-order valence-electron chi connectivity index (χ2n) is 7.03. The molecule has 1 aromatic carbocycles. The number of carbonyl (C=O) groups excluding carboxylic acids is 1. The highest BCUT2D eigenvalue weighted by molar-refractivity contribution is 5.74. The third-order valence-corrected chi connectivity index (χ3v) is 5.42. The number of amides is 2. The Bertz CT molecular complexity index is 596. The van der Waals surface area contributed by atoms with Gasteiger partial charge in [0, 0.05) is 19.1 Å². The van der Waals surface area contributed by atoms with Gasteiger partial charge in [-0.1, -0.05) is 6.07 Å². The lowest BCUT2D eigenvalue weighted by molar-refractivity contribution is 0.132. The molecule has 6 heteroatoms. The van der Waals surface area contributed by atoms with Gasteiger partial charge >= 0.3 is 6.03 Å². The summed E-state index contributed by atoms with van der Waals surface area (Å²) in [5.41, 5.74) is 0.735. The van der Waals surface area contributed by atoms with Crippen molar-refractivity contribution in [2.24, 2.45) is 0 Å². The quantitative estimate of drug-likeness (QED) is 0.908. The molecule has 138 valence electrons. The third kappa shape index (κ3) is 4.24. The van der Waals surface area contributed by atoms with E-state index in [0.29, 0.717) is 6.04 Å². The van der Waals surface area contributed by atoms with E-state index in [2.05, 4.69) is 10.2 Å². The van der Waals surface area contributed by atoms with Crippen LogP contribution >= 0.6 is 0 Å². The fourth-order valence-electron chi connectivity index (χ4n) is 3.85. The minimum Gasteiger partial charge on any atom is -0.494 e. The molecule has 3 rings (SSSR count). The van der Waals surface area contributed by atoms with Crippen LogP contribution < -0.4 is 10.1 Å². The Balaban J connectivity index is 1.51. The Morgan fingerprint density at radius 3 is 2.52 bits per heavy atom. The topological polar surface area (TPSA) is 44.8 Å². The van der Waals surface area contributed by atoms with Crippen LogP contribution in [0.3, 0.4) is 0 Å². The van der Waals surface area contributed by atoms with Crippen LogP contribution in [-0.4, -0.2) is 55.2 Å². The lowest BCUT2D eigenvalue weighted by Gasteiger charge is -2.37. The molecule has 1 unspecified atom stereocenters. The number of carbonyl (C=O) groups is 1. The highest BCUT2D eigenvalue weighted by atomic mass is 19.1. The minimum absolute atomic E-state index is 0.0661. The van der Waals surface area contributed by atoms with Crippen molar-refractivity contribution in [3.05, 3.63) is 29.6 Å².